The summed E-state index contributed by atoms with van der Waals surface area (Å²) in [4.78, 5) is 0. The highest BCUT2D eigenvalue weighted by Gasteiger charge is 2.11. The molecule has 1 N–H and O–H groups in total. The van der Waals surface area contributed by atoms with Crippen molar-refractivity contribution in [1.82, 2.24) is 5.32 Å². The average Bonchev–Trinajstić information content (AvgIpc) is 2.43. The Balaban J connectivity index is 2.19. The van der Waals surface area contributed by atoms with Crippen LogP contribution in [0.2, 0.25) is 0 Å². The standard InChI is InChI=1S/C19H25N/c1-4-10-20-19(18-8-6-5-7-9-18)14-17-12-15(2)11-16(3)13-17/h5-9,11-13,19-20H,4,10,14H2,1-3H3. The minimum Gasteiger partial charge on any atom is -0.310 e. The van der Waals surface area contributed by atoms with Crippen molar-refractivity contribution in [3.05, 3.63) is 70.8 Å². The molecule has 0 aromatic heterocycles. The molecule has 0 saturated carbocycles. The molecule has 0 aliphatic rings. The minimum absolute atomic E-state index is 0.400. The molecule has 2 aromatic rings. The van der Waals surface area contributed by atoms with Gasteiger partial charge in [0.15, 0.2) is 0 Å². The van der Waals surface area contributed by atoms with E-state index in [0.29, 0.717) is 6.04 Å². The van der Waals surface area contributed by atoms with E-state index in [1.54, 1.807) is 0 Å². The summed E-state index contributed by atoms with van der Waals surface area (Å²) in [6.45, 7) is 7.62. The third kappa shape index (κ3) is 4.21. The first kappa shape index (κ1) is 14.8. The van der Waals surface area contributed by atoms with Crippen LogP contribution in [0, 0.1) is 13.8 Å². The van der Waals surface area contributed by atoms with Gasteiger partial charge in [0.25, 0.3) is 0 Å². The van der Waals surface area contributed by atoms with Gasteiger partial charge >= 0.3 is 0 Å². The Kier molecular flexibility index (Phi) is 5.37. The molecule has 0 amide bonds. The normalized spacial score (nSPS) is 12.3. The van der Waals surface area contributed by atoms with Crippen LogP contribution in [-0.4, -0.2) is 6.54 Å². The predicted molar refractivity (Wildman–Crippen MR) is 87.1 cm³/mol. The molecule has 1 heteroatoms. The van der Waals surface area contributed by atoms with E-state index in [-0.39, 0.29) is 0 Å². The lowest BCUT2D eigenvalue weighted by atomic mass is 9.96. The second-order valence-corrected chi connectivity index (χ2v) is 5.62. The van der Waals surface area contributed by atoms with Gasteiger partial charge in [0.05, 0.1) is 0 Å². The Hall–Kier alpha value is -1.60. The quantitative estimate of drug-likeness (QED) is 0.807. The molecular formula is C19H25N. The molecule has 0 fully saturated rings. The topological polar surface area (TPSA) is 12.0 Å². The van der Waals surface area contributed by atoms with Crippen molar-refractivity contribution in [1.29, 1.82) is 0 Å². The van der Waals surface area contributed by atoms with Crippen molar-refractivity contribution >= 4 is 0 Å². The highest BCUT2D eigenvalue weighted by Crippen LogP contribution is 2.20. The van der Waals surface area contributed by atoms with Gasteiger partial charge in [-0.3, -0.25) is 0 Å². The van der Waals surface area contributed by atoms with Crippen molar-refractivity contribution in [2.45, 2.75) is 39.7 Å². The summed E-state index contributed by atoms with van der Waals surface area (Å²) in [5.74, 6) is 0. The lowest BCUT2D eigenvalue weighted by molar-refractivity contribution is 0.529. The van der Waals surface area contributed by atoms with E-state index in [0.717, 1.165) is 19.4 Å². The van der Waals surface area contributed by atoms with E-state index in [1.165, 1.54) is 22.3 Å². The second-order valence-electron chi connectivity index (χ2n) is 5.62. The lowest BCUT2D eigenvalue weighted by Crippen LogP contribution is -2.24. The number of hydrogen-bond donors (Lipinski definition) is 1. The molecular weight excluding hydrogens is 242 g/mol. The number of rotatable bonds is 6. The molecule has 0 bridgehead atoms. The summed E-state index contributed by atoms with van der Waals surface area (Å²) in [6.07, 6.45) is 2.21. The third-order valence-electron chi connectivity index (χ3n) is 3.56. The second kappa shape index (κ2) is 7.25. The van der Waals surface area contributed by atoms with Crippen molar-refractivity contribution < 1.29 is 0 Å². The highest BCUT2D eigenvalue weighted by molar-refractivity contribution is 5.30. The predicted octanol–water partition coefficient (Wildman–Crippen LogP) is 4.59. The maximum Gasteiger partial charge on any atom is 0.0360 e. The monoisotopic (exact) mass is 267 g/mol. The van der Waals surface area contributed by atoms with Crippen molar-refractivity contribution in [2.24, 2.45) is 0 Å². The molecule has 1 nitrogen and oxygen atoms in total. The zero-order valence-electron chi connectivity index (χ0n) is 12.8. The fourth-order valence-electron chi connectivity index (χ4n) is 2.73. The van der Waals surface area contributed by atoms with E-state index in [1.807, 2.05) is 0 Å². The van der Waals surface area contributed by atoms with Gasteiger partial charge < -0.3 is 5.32 Å². The SMILES string of the molecule is CCCNC(Cc1cc(C)cc(C)c1)c1ccccc1. The van der Waals surface area contributed by atoms with Crippen molar-refractivity contribution in [2.75, 3.05) is 6.54 Å². The number of nitrogens with one attached hydrogen (secondary N) is 1. The van der Waals surface area contributed by atoms with Gasteiger partial charge in [-0.05, 0) is 44.4 Å². The molecule has 20 heavy (non-hydrogen) atoms. The van der Waals surface area contributed by atoms with E-state index < -0.39 is 0 Å². The zero-order valence-corrected chi connectivity index (χ0v) is 12.8. The summed E-state index contributed by atoms with van der Waals surface area (Å²) < 4.78 is 0. The van der Waals surface area contributed by atoms with Crippen LogP contribution >= 0.6 is 0 Å². The molecule has 0 saturated heterocycles. The molecule has 0 heterocycles. The maximum absolute atomic E-state index is 3.67. The van der Waals surface area contributed by atoms with Crippen LogP contribution in [0.5, 0.6) is 0 Å². The summed E-state index contributed by atoms with van der Waals surface area (Å²) in [7, 11) is 0. The van der Waals surface area contributed by atoms with Crippen LogP contribution in [0.15, 0.2) is 48.5 Å². The molecule has 1 atom stereocenters. The zero-order chi connectivity index (χ0) is 14.4. The molecule has 1 unspecified atom stereocenters. The smallest absolute Gasteiger partial charge is 0.0360 e. The number of hydrogen-bond acceptors (Lipinski definition) is 1. The first-order valence-electron chi connectivity index (χ1n) is 7.54. The van der Waals surface area contributed by atoms with Crippen LogP contribution in [0.25, 0.3) is 0 Å². The first-order chi connectivity index (χ1) is 9.69. The van der Waals surface area contributed by atoms with Crippen LogP contribution in [0.1, 0.15) is 41.6 Å². The molecule has 2 rings (SSSR count). The van der Waals surface area contributed by atoms with Crippen LogP contribution in [0.4, 0.5) is 0 Å². The van der Waals surface area contributed by atoms with Gasteiger partial charge in [0.2, 0.25) is 0 Å². The fraction of sp³-hybridized carbons (Fsp3) is 0.368. The van der Waals surface area contributed by atoms with Crippen molar-refractivity contribution in [3.8, 4) is 0 Å². The highest BCUT2D eigenvalue weighted by atomic mass is 14.9. The lowest BCUT2D eigenvalue weighted by Gasteiger charge is -2.19. The maximum atomic E-state index is 3.67. The molecule has 106 valence electrons. The van der Waals surface area contributed by atoms with Gasteiger partial charge in [-0.1, -0.05) is 66.6 Å². The fourth-order valence-corrected chi connectivity index (χ4v) is 2.73. The van der Waals surface area contributed by atoms with Gasteiger partial charge in [-0.25, -0.2) is 0 Å². The minimum atomic E-state index is 0.400. The Morgan fingerprint density at radius 3 is 2.20 bits per heavy atom. The van der Waals surface area contributed by atoms with Gasteiger partial charge in [-0.2, -0.15) is 0 Å². The van der Waals surface area contributed by atoms with E-state index in [4.69, 9.17) is 0 Å². The Labute approximate surface area is 123 Å². The third-order valence-corrected chi connectivity index (χ3v) is 3.56. The van der Waals surface area contributed by atoms with Gasteiger partial charge in [0, 0.05) is 6.04 Å². The number of aryl methyl sites for hydroxylation is 2. The van der Waals surface area contributed by atoms with Crippen LogP contribution < -0.4 is 5.32 Å². The largest absolute Gasteiger partial charge is 0.310 e. The summed E-state index contributed by atoms with van der Waals surface area (Å²) in [6, 6.07) is 18.0. The summed E-state index contributed by atoms with van der Waals surface area (Å²) >= 11 is 0. The van der Waals surface area contributed by atoms with E-state index in [9.17, 15) is 0 Å². The Morgan fingerprint density at radius 1 is 0.950 bits per heavy atom. The average molecular weight is 267 g/mol. The Morgan fingerprint density at radius 2 is 1.60 bits per heavy atom. The Bertz CT molecular complexity index is 510. The van der Waals surface area contributed by atoms with Gasteiger partial charge in [0.1, 0.15) is 0 Å². The van der Waals surface area contributed by atoms with Crippen LogP contribution in [-0.2, 0) is 6.42 Å². The number of benzene rings is 2. The molecule has 2 aromatic carbocycles. The molecule has 0 aliphatic carbocycles. The van der Waals surface area contributed by atoms with Gasteiger partial charge in [-0.15, -0.1) is 0 Å². The summed E-state index contributed by atoms with van der Waals surface area (Å²) in [5, 5.41) is 3.67. The van der Waals surface area contributed by atoms with E-state index in [2.05, 4.69) is 74.6 Å². The summed E-state index contributed by atoms with van der Waals surface area (Å²) in [5.41, 5.74) is 5.49. The van der Waals surface area contributed by atoms with Crippen LogP contribution in [0.3, 0.4) is 0 Å². The van der Waals surface area contributed by atoms with E-state index >= 15 is 0 Å². The molecule has 0 spiro atoms. The first-order valence-corrected chi connectivity index (χ1v) is 7.54. The molecule has 0 radical (unpaired) electrons. The molecule has 0 aliphatic heterocycles. The van der Waals surface area contributed by atoms with Crippen molar-refractivity contribution in [3.63, 3.8) is 0 Å².